The van der Waals surface area contributed by atoms with Crippen LogP contribution >= 0.6 is 0 Å². The molecule has 0 atom stereocenters. The van der Waals surface area contributed by atoms with E-state index in [1.807, 2.05) is 16.5 Å². The Morgan fingerprint density at radius 1 is 1.12 bits per heavy atom. The van der Waals surface area contributed by atoms with Crippen LogP contribution in [0.25, 0.3) is 38.2 Å². The van der Waals surface area contributed by atoms with E-state index in [2.05, 4.69) is 4.98 Å². The van der Waals surface area contributed by atoms with Gasteiger partial charge in [0.25, 0.3) is 5.91 Å². The van der Waals surface area contributed by atoms with Gasteiger partial charge in [-0.05, 0) is 51.1 Å². The van der Waals surface area contributed by atoms with Gasteiger partial charge in [-0.15, -0.1) is 0 Å². The number of aromatic nitrogens is 3. The van der Waals surface area contributed by atoms with Gasteiger partial charge in [-0.25, -0.2) is 19.1 Å². The summed E-state index contributed by atoms with van der Waals surface area (Å²) in [6.45, 7) is 5.43. The van der Waals surface area contributed by atoms with Crippen molar-refractivity contribution in [2.75, 3.05) is 6.54 Å². The zero-order valence-electron chi connectivity index (χ0n) is 17.8. The number of benzene rings is 2. The molecule has 0 saturated carbocycles. The first-order valence-electron chi connectivity index (χ1n) is 10.4. The van der Waals surface area contributed by atoms with Crippen LogP contribution in [0.4, 0.5) is 9.18 Å². The molecule has 0 radical (unpaired) electrons. The van der Waals surface area contributed by atoms with E-state index in [1.54, 1.807) is 33.2 Å². The highest BCUT2D eigenvalue weighted by atomic mass is 19.1. The van der Waals surface area contributed by atoms with Crippen molar-refractivity contribution >= 4 is 50.2 Å². The van der Waals surface area contributed by atoms with E-state index in [9.17, 15) is 14.0 Å². The summed E-state index contributed by atoms with van der Waals surface area (Å²) in [6.07, 6.45) is 1.39. The zero-order valence-corrected chi connectivity index (χ0v) is 17.8. The highest BCUT2D eigenvalue weighted by Gasteiger charge is 2.36. The minimum Gasteiger partial charge on any atom is -0.443 e. The maximum atomic E-state index is 14.4. The van der Waals surface area contributed by atoms with Crippen LogP contribution < -0.4 is 0 Å². The van der Waals surface area contributed by atoms with E-state index in [-0.39, 0.29) is 6.54 Å². The van der Waals surface area contributed by atoms with Crippen molar-refractivity contribution in [3.8, 4) is 0 Å². The molecule has 8 heteroatoms. The quantitative estimate of drug-likeness (QED) is 0.263. The van der Waals surface area contributed by atoms with Crippen molar-refractivity contribution in [1.82, 2.24) is 19.3 Å². The lowest BCUT2D eigenvalue weighted by Crippen LogP contribution is -2.45. The van der Waals surface area contributed by atoms with Crippen LogP contribution in [0, 0.1) is 5.82 Å². The summed E-state index contributed by atoms with van der Waals surface area (Å²) in [7, 11) is 0. The SMILES string of the molecule is CC(C)(C)OC(=O)N1CCc2nc3ccc4ncn5c6ccc(F)cc6c(c2C1=O)c3c45. The predicted octanol–water partition coefficient (Wildman–Crippen LogP) is 4.70. The van der Waals surface area contributed by atoms with Gasteiger partial charge in [0.1, 0.15) is 17.7 Å². The van der Waals surface area contributed by atoms with Gasteiger partial charge in [0.2, 0.25) is 0 Å². The fourth-order valence-electron chi connectivity index (χ4n) is 4.63. The molecule has 0 bridgehead atoms. The number of rotatable bonds is 0. The highest BCUT2D eigenvalue weighted by molar-refractivity contribution is 6.28. The number of hydrogen-bond acceptors (Lipinski definition) is 5. The maximum absolute atomic E-state index is 14.4. The zero-order chi connectivity index (χ0) is 22.4. The molecule has 5 aromatic rings. The summed E-state index contributed by atoms with van der Waals surface area (Å²) < 4.78 is 21.7. The second kappa shape index (κ2) is 6.12. The number of pyridine rings is 2. The fourth-order valence-corrected chi connectivity index (χ4v) is 4.63. The average Bonchev–Trinajstić information content (AvgIpc) is 3.16. The lowest BCUT2D eigenvalue weighted by Gasteiger charge is -2.30. The monoisotopic (exact) mass is 430 g/mol. The first-order chi connectivity index (χ1) is 15.2. The summed E-state index contributed by atoms with van der Waals surface area (Å²) >= 11 is 0. The van der Waals surface area contributed by atoms with Crippen LogP contribution in [0.5, 0.6) is 0 Å². The van der Waals surface area contributed by atoms with Gasteiger partial charge in [0, 0.05) is 29.1 Å². The molecule has 160 valence electrons. The smallest absolute Gasteiger partial charge is 0.417 e. The van der Waals surface area contributed by atoms with Crippen LogP contribution in [0.2, 0.25) is 0 Å². The van der Waals surface area contributed by atoms with E-state index in [1.165, 1.54) is 12.1 Å². The standard InChI is InChI=1S/C24H19FN4O3/c1-24(2,3)32-23(31)28-9-8-15-20(22(28)30)18-13-10-12(25)4-7-17(13)29-11-26-16-6-5-14(27-15)19(18)21(16)29/h4-7,10-11H,8-9H2,1-3H3. The summed E-state index contributed by atoms with van der Waals surface area (Å²) in [5.41, 5.74) is 3.19. The molecule has 0 unspecified atom stereocenters. The van der Waals surface area contributed by atoms with Crippen molar-refractivity contribution in [1.29, 1.82) is 0 Å². The molecule has 2 aromatic carbocycles. The number of nitrogens with zero attached hydrogens (tertiary/aromatic N) is 4. The van der Waals surface area contributed by atoms with E-state index >= 15 is 0 Å². The van der Waals surface area contributed by atoms with Crippen LogP contribution in [0.15, 0.2) is 36.7 Å². The average molecular weight is 430 g/mol. The van der Waals surface area contributed by atoms with Gasteiger partial charge in [-0.2, -0.15) is 0 Å². The Kier molecular flexibility index (Phi) is 3.62. The van der Waals surface area contributed by atoms with Crippen molar-refractivity contribution in [2.45, 2.75) is 32.8 Å². The fraction of sp³-hybridized carbons (Fsp3) is 0.250. The molecule has 0 spiro atoms. The Labute approximate surface area is 181 Å². The summed E-state index contributed by atoms with van der Waals surface area (Å²) in [5.74, 6) is -0.893. The summed E-state index contributed by atoms with van der Waals surface area (Å²) in [5, 5.41) is 1.90. The number of carbonyl (C=O) groups is 2. The molecule has 0 aliphatic carbocycles. The number of halogens is 1. The lowest BCUT2D eigenvalue weighted by atomic mass is 9.93. The van der Waals surface area contributed by atoms with Crippen molar-refractivity contribution in [3.05, 3.63) is 53.7 Å². The first kappa shape index (κ1) is 18.9. The second-order valence-electron chi connectivity index (χ2n) is 9.10. The molecule has 0 saturated heterocycles. The number of fused-ring (bicyclic) bond motifs is 5. The highest BCUT2D eigenvalue weighted by Crippen LogP contribution is 2.39. The van der Waals surface area contributed by atoms with E-state index in [4.69, 9.17) is 9.72 Å². The molecule has 1 aliphatic rings. The Bertz CT molecular complexity index is 1600. The van der Waals surface area contributed by atoms with E-state index in [0.29, 0.717) is 34.0 Å². The van der Waals surface area contributed by atoms with Gasteiger partial charge in [0.15, 0.2) is 0 Å². The first-order valence-corrected chi connectivity index (χ1v) is 10.4. The number of imidazole rings is 1. The number of hydrogen-bond donors (Lipinski definition) is 0. The number of imide groups is 1. The third kappa shape index (κ3) is 2.52. The Morgan fingerprint density at radius 3 is 2.69 bits per heavy atom. The normalized spacial score (nSPS) is 14.8. The van der Waals surface area contributed by atoms with E-state index in [0.717, 1.165) is 26.8 Å². The maximum Gasteiger partial charge on any atom is 0.417 e. The lowest BCUT2D eigenvalue weighted by molar-refractivity contribution is 0.0233. The Balaban J connectivity index is 1.72. The topological polar surface area (TPSA) is 76.8 Å². The van der Waals surface area contributed by atoms with Crippen LogP contribution in [0.1, 0.15) is 36.8 Å². The molecule has 4 heterocycles. The third-order valence-electron chi connectivity index (χ3n) is 5.86. The summed E-state index contributed by atoms with van der Waals surface area (Å²) in [4.78, 5) is 36.7. The van der Waals surface area contributed by atoms with Gasteiger partial charge in [-0.1, -0.05) is 0 Å². The van der Waals surface area contributed by atoms with Crippen LogP contribution in [-0.2, 0) is 11.2 Å². The van der Waals surface area contributed by atoms with Crippen molar-refractivity contribution in [2.24, 2.45) is 0 Å². The van der Waals surface area contributed by atoms with Crippen LogP contribution in [-0.4, -0.2) is 43.4 Å². The molecule has 7 nitrogen and oxygen atoms in total. The van der Waals surface area contributed by atoms with Crippen molar-refractivity contribution in [3.63, 3.8) is 0 Å². The van der Waals surface area contributed by atoms with Gasteiger partial charge >= 0.3 is 6.09 Å². The number of amides is 2. The van der Waals surface area contributed by atoms with Crippen LogP contribution in [0.3, 0.4) is 0 Å². The molecular weight excluding hydrogens is 411 g/mol. The Hall–Kier alpha value is -3.81. The van der Waals surface area contributed by atoms with Gasteiger partial charge in [0.05, 0.1) is 33.3 Å². The molecular formula is C24H19FN4O3. The second-order valence-corrected chi connectivity index (χ2v) is 9.10. The molecule has 32 heavy (non-hydrogen) atoms. The molecule has 1 aliphatic heterocycles. The molecule has 3 aromatic heterocycles. The molecule has 6 rings (SSSR count). The minimum absolute atomic E-state index is 0.175. The molecule has 0 N–H and O–H groups in total. The largest absolute Gasteiger partial charge is 0.443 e. The predicted molar refractivity (Wildman–Crippen MR) is 118 cm³/mol. The molecule has 0 fully saturated rings. The summed E-state index contributed by atoms with van der Waals surface area (Å²) in [6, 6.07) is 8.25. The number of ether oxygens (including phenoxy) is 1. The van der Waals surface area contributed by atoms with Gasteiger partial charge < -0.3 is 4.74 Å². The minimum atomic E-state index is -0.734. The van der Waals surface area contributed by atoms with Gasteiger partial charge in [-0.3, -0.25) is 14.2 Å². The van der Waals surface area contributed by atoms with E-state index < -0.39 is 23.4 Å². The Morgan fingerprint density at radius 2 is 1.91 bits per heavy atom. The van der Waals surface area contributed by atoms with Crippen molar-refractivity contribution < 1.29 is 18.7 Å². The number of carbonyl (C=O) groups excluding carboxylic acids is 2. The molecule has 2 amide bonds. The third-order valence-corrected chi connectivity index (χ3v) is 5.86.